The van der Waals surface area contributed by atoms with E-state index in [0.717, 1.165) is 6.42 Å². The molecule has 0 radical (unpaired) electrons. The summed E-state index contributed by atoms with van der Waals surface area (Å²) >= 11 is 0. The molecule has 0 amide bonds. The number of carboxylic acid groups (broad SMARTS) is 2. The number of carbonyl (C=O) groups is 2. The molecule has 4 rings (SSSR count). The minimum absolute atomic E-state index is 0.0430. The molecule has 0 spiro atoms. The lowest BCUT2D eigenvalue weighted by molar-refractivity contribution is -0.160. The maximum Gasteiger partial charge on any atom is 0.308 e. The first kappa shape index (κ1) is 8.95. The van der Waals surface area contributed by atoms with Gasteiger partial charge in [0.25, 0.3) is 0 Å². The Labute approximate surface area is 86.6 Å². The zero-order chi connectivity index (χ0) is 10.7. The number of allylic oxidation sites excluding steroid dienone is 2. The summed E-state index contributed by atoms with van der Waals surface area (Å²) in [7, 11) is 0. The van der Waals surface area contributed by atoms with Crippen LogP contribution in [0.5, 0.6) is 0 Å². The van der Waals surface area contributed by atoms with Gasteiger partial charge in [-0.15, -0.1) is 0 Å². The van der Waals surface area contributed by atoms with Gasteiger partial charge < -0.3 is 10.2 Å². The van der Waals surface area contributed by atoms with Crippen molar-refractivity contribution in [3.05, 3.63) is 12.2 Å². The quantitative estimate of drug-likeness (QED) is 0.659. The van der Waals surface area contributed by atoms with E-state index in [0.29, 0.717) is 11.8 Å². The van der Waals surface area contributed by atoms with E-state index in [2.05, 4.69) is 0 Å². The van der Waals surface area contributed by atoms with Crippen molar-refractivity contribution in [3.63, 3.8) is 0 Å². The second-order valence-corrected chi connectivity index (χ2v) is 4.83. The highest BCUT2D eigenvalue weighted by Crippen LogP contribution is 2.63. The molecule has 4 heteroatoms. The molecule has 0 heterocycles. The zero-order valence-corrected chi connectivity index (χ0v) is 8.04. The molecule has 0 saturated heterocycles. The Balaban J connectivity index is 2.02. The molecule has 0 aromatic heterocycles. The van der Waals surface area contributed by atoms with Crippen molar-refractivity contribution in [3.8, 4) is 0 Å². The Hall–Kier alpha value is -1.32. The minimum Gasteiger partial charge on any atom is -0.481 e. The second kappa shape index (κ2) is 2.62. The summed E-state index contributed by atoms with van der Waals surface area (Å²) in [5, 5.41) is 18.2. The van der Waals surface area contributed by atoms with E-state index in [-0.39, 0.29) is 11.8 Å². The Morgan fingerprint density at radius 1 is 0.933 bits per heavy atom. The highest BCUT2D eigenvalue weighted by molar-refractivity contribution is 5.82. The van der Waals surface area contributed by atoms with Crippen LogP contribution in [0.3, 0.4) is 0 Å². The average molecular weight is 208 g/mol. The predicted octanol–water partition coefficient (Wildman–Crippen LogP) is 0.840. The third kappa shape index (κ3) is 1.02. The molecule has 6 atom stereocenters. The summed E-state index contributed by atoms with van der Waals surface area (Å²) in [5.74, 6) is -2.52. The van der Waals surface area contributed by atoms with Gasteiger partial charge in [-0.2, -0.15) is 0 Å². The van der Waals surface area contributed by atoms with Crippen LogP contribution in [0.25, 0.3) is 0 Å². The van der Waals surface area contributed by atoms with Crippen LogP contribution in [0.15, 0.2) is 12.2 Å². The Morgan fingerprint density at radius 2 is 1.33 bits per heavy atom. The van der Waals surface area contributed by atoms with Crippen LogP contribution >= 0.6 is 0 Å². The maximum atomic E-state index is 11.1. The minimum atomic E-state index is -0.952. The van der Waals surface area contributed by atoms with Gasteiger partial charge in [0.2, 0.25) is 0 Å². The largest absolute Gasteiger partial charge is 0.481 e. The predicted molar refractivity (Wildman–Crippen MR) is 50.0 cm³/mol. The van der Waals surface area contributed by atoms with Gasteiger partial charge in [0.05, 0.1) is 11.8 Å². The third-order valence-electron chi connectivity index (χ3n) is 4.22. The molecule has 2 bridgehead atoms. The summed E-state index contributed by atoms with van der Waals surface area (Å²) in [5.41, 5.74) is 0. The SMILES string of the molecule is O=C(O)[C@@H]1[C@@H]2C=C[C@@H]([C@H]3C[C@@H]23)[C@@H]1C(=O)O. The molecule has 15 heavy (non-hydrogen) atoms. The van der Waals surface area contributed by atoms with Gasteiger partial charge in [-0.25, -0.2) is 0 Å². The first-order valence-electron chi connectivity index (χ1n) is 5.25. The normalized spacial score (nSPS) is 49.9. The van der Waals surface area contributed by atoms with E-state index in [1.54, 1.807) is 0 Å². The summed E-state index contributed by atoms with van der Waals surface area (Å²) in [6.07, 6.45) is 4.87. The highest BCUT2D eigenvalue weighted by Gasteiger charge is 2.63. The average Bonchev–Trinajstić information content (AvgIpc) is 2.96. The highest BCUT2D eigenvalue weighted by atomic mass is 16.4. The van der Waals surface area contributed by atoms with E-state index in [1.165, 1.54) is 0 Å². The Bertz CT molecular complexity index is 339. The lowest BCUT2D eigenvalue weighted by Gasteiger charge is -2.40. The van der Waals surface area contributed by atoms with Gasteiger partial charge >= 0.3 is 11.9 Å². The van der Waals surface area contributed by atoms with Gasteiger partial charge in [0.1, 0.15) is 0 Å². The topological polar surface area (TPSA) is 74.6 Å². The maximum absolute atomic E-state index is 11.1. The molecule has 2 N–H and O–H groups in total. The Morgan fingerprint density at radius 3 is 1.67 bits per heavy atom. The van der Waals surface area contributed by atoms with Crippen molar-refractivity contribution < 1.29 is 19.8 Å². The fourth-order valence-electron chi connectivity index (χ4n) is 3.55. The number of hydrogen-bond acceptors (Lipinski definition) is 2. The van der Waals surface area contributed by atoms with E-state index in [9.17, 15) is 9.59 Å². The Kier molecular flexibility index (Phi) is 1.56. The van der Waals surface area contributed by atoms with Crippen LogP contribution in [-0.4, -0.2) is 22.2 Å². The molecule has 80 valence electrons. The molecule has 0 aromatic carbocycles. The molecule has 2 fully saturated rings. The molecular weight excluding hydrogens is 196 g/mol. The van der Waals surface area contributed by atoms with Crippen LogP contribution in [0.1, 0.15) is 6.42 Å². The summed E-state index contributed by atoms with van der Waals surface area (Å²) in [4.78, 5) is 22.3. The van der Waals surface area contributed by atoms with Crippen LogP contribution in [0.4, 0.5) is 0 Å². The second-order valence-electron chi connectivity index (χ2n) is 4.83. The van der Waals surface area contributed by atoms with E-state index in [1.807, 2.05) is 12.2 Å². The van der Waals surface area contributed by atoms with Gasteiger partial charge in [-0.05, 0) is 30.1 Å². The lowest BCUT2D eigenvalue weighted by Crippen LogP contribution is -2.46. The van der Waals surface area contributed by atoms with E-state index >= 15 is 0 Å². The van der Waals surface area contributed by atoms with Gasteiger partial charge in [0, 0.05) is 0 Å². The summed E-state index contributed by atoms with van der Waals surface area (Å²) in [6.45, 7) is 0. The molecule has 0 aliphatic heterocycles. The number of hydrogen-bond donors (Lipinski definition) is 2. The molecule has 2 saturated carbocycles. The van der Waals surface area contributed by atoms with Crippen molar-refractivity contribution in [1.29, 1.82) is 0 Å². The third-order valence-corrected chi connectivity index (χ3v) is 4.22. The number of rotatable bonds is 2. The summed E-state index contributed by atoms with van der Waals surface area (Å²) in [6, 6.07) is 0. The molecule has 0 aromatic rings. The van der Waals surface area contributed by atoms with Crippen molar-refractivity contribution in [2.45, 2.75) is 6.42 Å². The summed E-state index contributed by atoms with van der Waals surface area (Å²) < 4.78 is 0. The van der Waals surface area contributed by atoms with Gasteiger partial charge in [-0.3, -0.25) is 9.59 Å². The number of carboxylic acids is 2. The fraction of sp³-hybridized carbons (Fsp3) is 0.636. The van der Waals surface area contributed by atoms with Crippen LogP contribution in [-0.2, 0) is 9.59 Å². The van der Waals surface area contributed by atoms with Gasteiger partial charge in [0.15, 0.2) is 0 Å². The van der Waals surface area contributed by atoms with E-state index in [4.69, 9.17) is 10.2 Å². The molecule has 4 aliphatic rings. The molecule has 4 aliphatic carbocycles. The van der Waals surface area contributed by atoms with Crippen LogP contribution in [0, 0.1) is 35.5 Å². The first-order chi connectivity index (χ1) is 7.11. The number of aliphatic carboxylic acids is 2. The molecular formula is C11H12O4. The molecule has 0 unspecified atom stereocenters. The monoisotopic (exact) mass is 208 g/mol. The zero-order valence-electron chi connectivity index (χ0n) is 8.04. The van der Waals surface area contributed by atoms with Crippen molar-refractivity contribution in [2.24, 2.45) is 35.5 Å². The number of fused-ring (bicyclic) bond motifs is 1. The van der Waals surface area contributed by atoms with Crippen LogP contribution < -0.4 is 0 Å². The van der Waals surface area contributed by atoms with Gasteiger partial charge in [-0.1, -0.05) is 12.2 Å². The van der Waals surface area contributed by atoms with E-state index < -0.39 is 23.8 Å². The fourth-order valence-corrected chi connectivity index (χ4v) is 3.55. The first-order valence-corrected chi connectivity index (χ1v) is 5.25. The van der Waals surface area contributed by atoms with Crippen LogP contribution in [0.2, 0.25) is 0 Å². The lowest BCUT2D eigenvalue weighted by atomic mass is 9.62. The van der Waals surface area contributed by atoms with Crippen molar-refractivity contribution in [2.75, 3.05) is 0 Å². The standard InChI is InChI=1S/C11H12O4/c12-10(13)8-4-1-2-5(7-3-6(4)7)9(8)11(14)15/h1-2,4-9H,3H2,(H,12,13)(H,14,15)/t4-,5+,6+,7-,8-,9+. The smallest absolute Gasteiger partial charge is 0.308 e. The molecule has 4 nitrogen and oxygen atoms in total. The van der Waals surface area contributed by atoms with Crippen molar-refractivity contribution in [1.82, 2.24) is 0 Å². The van der Waals surface area contributed by atoms with Crippen molar-refractivity contribution >= 4 is 11.9 Å².